The fraction of sp³-hybridized carbons (Fsp3) is 0.417. The number of nitrogens with zero attached hydrogens (tertiary/aromatic N) is 1. The van der Waals surface area contributed by atoms with Gasteiger partial charge in [0, 0.05) is 23.1 Å². The van der Waals surface area contributed by atoms with Gasteiger partial charge in [0.15, 0.2) is 17.2 Å². The van der Waals surface area contributed by atoms with Crippen LogP contribution in [0, 0.1) is 21.0 Å². The molecule has 0 spiro atoms. The number of likely N-dealkylation sites (tertiary alicyclic amines) is 1. The Balaban J connectivity index is 1.81. The lowest BCUT2D eigenvalue weighted by molar-refractivity contribution is -0.172. The number of nitrogens with one attached hydrogen (secondary N) is 2. The summed E-state index contributed by atoms with van der Waals surface area (Å²) in [7, 11) is 0. The number of esters is 1. The van der Waals surface area contributed by atoms with E-state index in [1.54, 1.807) is 6.07 Å². The first-order chi connectivity index (χ1) is 16.0. The summed E-state index contributed by atoms with van der Waals surface area (Å²) in [5.74, 6) is -4.18. The highest BCUT2D eigenvalue weighted by Crippen LogP contribution is 2.33. The molecule has 1 aliphatic rings. The van der Waals surface area contributed by atoms with Gasteiger partial charge in [-0.3, -0.25) is 9.59 Å². The first kappa shape index (κ1) is 26.3. The average molecular weight is 589 g/mol. The molecule has 34 heavy (non-hydrogen) atoms. The van der Waals surface area contributed by atoms with Gasteiger partial charge in [-0.2, -0.15) is 0 Å². The normalized spacial score (nSPS) is 15.4. The van der Waals surface area contributed by atoms with Gasteiger partial charge >= 0.3 is 5.97 Å². The number of rotatable bonds is 9. The summed E-state index contributed by atoms with van der Waals surface area (Å²) < 4.78 is 49.2. The quantitative estimate of drug-likeness (QED) is 0.319. The van der Waals surface area contributed by atoms with Gasteiger partial charge in [-0.1, -0.05) is 13.3 Å². The molecule has 2 N–H and O–H groups in total. The van der Waals surface area contributed by atoms with Crippen LogP contribution in [0.1, 0.15) is 44.0 Å². The average Bonchev–Trinajstić information content (AvgIpc) is 2.74. The van der Waals surface area contributed by atoms with E-state index >= 15 is 0 Å². The molecule has 1 saturated heterocycles. The highest BCUT2D eigenvalue weighted by molar-refractivity contribution is 14.1. The Morgan fingerprint density at radius 3 is 2.50 bits per heavy atom. The summed E-state index contributed by atoms with van der Waals surface area (Å²) >= 11 is 1.93. The van der Waals surface area contributed by atoms with Crippen molar-refractivity contribution < 1.29 is 27.5 Å². The van der Waals surface area contributed by atoms with Gasteiger partial charge in [0.2, 0.25) is 0 Å². The van der Waals surface area contributed by atoms with Crippen molar-refractivity contribution in [1.29, 1.82) is 0 Å². The SMILES string of the molecule is CCCC(C)NCC1(OC(C)=O)CN(C(=O)c2ccc(F)c(F)c2Nc2ccc(I)cc2F)C1. The van der Waals surface area contributed by atoms with E-state index in [2.05, 4.69) is 17.6 Å². The Kier molecular flexibility index (Phi) is 8.45. The molecule has 0 saturated carbocycles. The van der Waals surface area contributed by atoms with Crippen LogP contribution in [0.15, 0.2) is 30.3 Å². The van der Waals surface area contributed by atoms with Crippen LogP contribution < -0.4 is 10.6 Å². The highest BCUT2D eigenvalue weighted by Gasteiger charge is 2.48. The Morgan fingerprint density at radius 2 is 1.88 bits per heavy atom. The second kappa shape index (κ2) is 10.9. The highest BCUT2D eigenvalue weighted by atomic mass is 127. The Labute approximate surface area is 210 Å². The van der Waals surface area contributed by atoms with Gasteiger partial charge in [0.05, 0.1) is 30.0 Å². The van der Waals surface area contributed by atoms with E-state index in [0.717, 1.165) is 25.0 Å². The van der Waals surface area contributed by atoms with E-state index in [4.69, 9.17) is 4.74 Å². The number of carbonyl (C=O) groups is 2. The smallest absolute Gasteiger partial charge is 0.303 e. The number of ether oxygens (including phenoxy) is 1. The maximum absolute atomic E-state index is 14.7. The van der Waals surface area contributed by atoms with E-state index in [-0.39, 0.29) is 30.4 Å². The molecule has 1 aliphatic heterocycles. The van der Waals surface area contributed by atoms with E-state index in [9.17, 15) is 22.8 Å². The molecule has 1 unspecified atom stereocenters. The van der Waals surface area contributed by atoms with Gasteiger partial charge in [0.1, 0.15) is 5.82 Å². The van der Waals surface area contributed by atoms with Crippen molar-refractivity contribution in [3.63, 3.8) is 0 Å². The Bertz CT molecular complexity index is 1080. The number of carbonyl (C=O) groups excluding carboxylic acids is 2. The van der Waals surface area contributed by atoms with Crippen LogP contribution in [-0.2, 0) is 9.53 Å². The zero-order chi connectivity index (χ0) is 25.0. The van der Waals surface area contributed by atoms with Crippen molar-refractivity contribution in [2.75, 3.05) is 25.0 Å². The van der Waals surface area contributed by atoms with Crippen molar-refractivity contribution in [1.82, 2.24) is 10.2 Å². The van der Waals surface area contributed by atoms with Gasteiger partial charge in [-0.25, -0.2) is 13.2 Å². The molecule has 10 heteroatoms. The van der Waals surface area contributed by atoms with Crippen LogP contribution >= 0.6 is 22.6 Å². The minimum absolute atomic E-state index is 0.0909. The molecule has 0 aromatic heterocycles. The summed E-state index contributed by atoms with van der Waals surface area (Å²) in [6.07, 6.45) is 1.93. The van der Waals surface area contributed by atoms with Crippen molar-refractivity contribution in [2.24, 2.45) is 0 Å². The third kappa shape index (κ3) is 6.01. The van der Waals surface area contributed by atoms with Crippen molar-refractivity contribution in [3.05, 3.63) is 56.9 Å². The van der Waals surface area contributed by atoms with E-state index in [0.29, 0.717) is 10.1 Å². The maximum Gasteiger partial charge on any atom is 0.303 e. The Hall–Kier alpha value is -2.34. The molecule has 6 nitrogen and oxygen atoms in total. The predicted octanol–water partition coefficient (Wildman–Crippen LogP) is 4.99. The lowest BCUT2D eigenvalue weighted by Crippen LogP contribution is -2.69. The summed E-state index contributed by atoms with van der Waals surface area (Å²) in [6, 6.07) is 6.42. The van der Waals surface area contributed by atoms with Crippen molar-refractivity contribution in [3.8, 4) is 0 Å². The molecule has 0 radical (unpaired) electrons. The number of amides is 1. The van der Waals surface area contributed by atoms with E-state index in [1.165, 1.54) is 24.0 Å². The van der Waals surface area contributed by atoms with Gasteiger partial charge in [0.25, 0.3) is 5.91 Å². The van der Waals surface area contributed by atoms with Crippen LogP contribution in [0.25, 0.3) is 0 Å². The monoisotopic (exact) mass is 589 g/mol. The van der Waals surface area contributed by atoms with Crippen molar-refractivity contribution in [2.45, 2.75) is 45.3 Å². The maximum atomic E-state index is 14.7. The first-order valence-corrected chi connectivity index (χ1v) is 12.1. The van der Waals surface area contributed by atoms with Crippen LogP contribution in [0.3, 0.4) is 0 Å². The third-order valence-electron chi connectivity index (χ3n) is 5.62. The fourth-order valence-electron chi connectivity index (χ4n) is 3.95. The summed E-state index contributed by atoms with van der Waals surface area (Å²) in [5, 5.41) is 5.85. The first-order valence-electron chi connectivity index (χ1n) is 11.0. The second-order valence-electron chi connectivity index (χ2n) is 8.54. The summed E-state index contributed by atoms with van der Waals surface area (Å²) in [5.41, 5.74) is -1.60. The standard InChI is InChI=1S/C24H27F3IN3O3/c1-4-5-14(2)29-11-24(34-15(3)32)12-31(13-24)23(33)17-7-8-18(25)21(27)22(17)30-20-9-6-16(28)10-19(20)26/h6-10,14,29-30H,4-5,11-13H2,1-3H3. The predicted molar refractivity (Wildman–Crippen MR) is 132 cm³/mol. The number of anilines is 2. The van der Waals surface area contributed by atoms with Crippen LogP contribution in [0.5, 0.6) is 0 Å². The van der Waals surface area contributed by atoms with Gasteiger partial charge in [-0.15, -0.1) is 0 Å². The fourth-order valence-corrected chi connectivity index (χ4v) is 4.41. The molecule has 1 heterocycles. The molecular weight excluding hydrogens is 562 g/mol. The van der Waals surface area contributed by atoms with Crippen molar-refractivity contribution >= 4 is 45.8 Å². The molecule has 1 atom stereocenters. The lowest BCUT2D eigenvalue weighted by atomic mass is 9.91. The van der Waals surface area contributed by atoms with E-state index in [1.807, 2.05) is 29.5 Å². The number of benzene rings is 2. The largest absolute Gasteiger partial charge is 0.454 e. The Morgan fingerprint density at radius 1 is 1.18 bits per heavy atom. The molecule has 1 amide bonds. The summed E-state index contributed by atoms with van der Waals surface area (Å²) in [4.78, 5) is 26.3. The van der Waals surface area contributed by atoms with E-state index < -0.39 is 40.6 Å². The number of hydrogen-bond donors (Lipinski definition) is 2. The van der Waals surface area contributed by atoms with Crippen LogP contribution in [-0.4, -0.2) is 48.1 Å². The third-order valence-corrected chi connectivity index (χ3v) is 6.29. The molecule has 0 aliphatic carbocycles. The molecule has 0 bridgehead atoms. The summed E-state index contributed by atoms with van der Waals surface area (Å²) in [6.45, 7) is 5.93. The molecule has 184 valence electrons. The number of hydrogen-bond acceptors (Lipinski definition) is 5. The molecular formula is C24H27F3IN3O3. The zero-order valence-electron chi connectivity index (χ0n) is 19.2. The number of halogens is 4. The van der Waals surface area contributed by atoms with Gasteiger partial charge < -0.3 is 20.3 Å². The minimum Gasteiger partial charge on any atom is -0.454 e. The molecule has 3 rings (SSSR count). The second-order valence-corrected chi connectivity index (χ2v) is 9.79. The van der Waals surface area contributed by atoms with Crippen LogP contribution in [0.2, 0.25) is 0 Å². The molecule has 1 fully saturated rings. The zero-order valence-corrected chi connectivity index (χ0v) is 21.3. The minimum atomic E-state index is -1.29. The van der Waals surface area contributed by atoms with Crippen LogP contribution in [0.4, 0.5) is 24.5 Å². The van der Waals surface area contributed by atoms with Gasteiger partial charge in [-0.05, 0) is 66.3 Å². The molecule has 2 aromatic carbocycles. The topological polar surface area (TPSA) is 70.7 Å². The lowest BCUT2D eigenvalue weighted by Gasteiger charge is -2.49. The molecule has 2 aromatic rings.